The molecule has 0 bridgehead atoms. The van der Waals surface area contributed by atoms with Gasteiger partial charge in [-0.25, -0.2) is 13.7 Å². The summed E-state index contributed by atoms with van der Waals surface area (Å²) in [5.41, 5.74) is 2.20. The van der Waals surface area contributed by atoms with Crippen LogP contribution in [-0.4, -0.2) is 21.9 Å². The number of rotatable bonds is 9. The normalized spacial score (nSPS) is 12.2. The maximum atomic E-state index is 12.1. The van der Waals surface area contributed by atoms with Crippen LogP contribution in [0.4, 0.5) is 0 Å². The molecule has 1 heterocycles. The lowest BCUT2D eigenvalue weighted by Crippen LogP contribution is -2.19. The summed E-state index contributed by atoms with van der Waals surface area (Å²) in [6.45, 7) is 1.83. The van der Waals surface area contributed by atoms with E-state index in [0.717, 1.165) is 16.5 Å². The van der Waals surface area contributed by atoms with Gasteiger partial charge in [-0.3, -0.25) is 4.18 Å². The first-order valence-corrected chi connectivity index (χ1v) is 9.30. The standard InChI is InChI=1S/C19H19NO6S/c1-13-16(10-20-27(23)25-11-14-6-3-2-4-7-14)15-8-5-9-17(19(15)26-13)24-12-18(21)22/h2-9,20H,10-12H2,1H3,(H,21,22). The minimum absolute atomic E-state index is 0.235. The highest BCUT2D eigenvalue weighted by molar-refractivity contribution is 7.78. The number of aryl methyl sites for hydroxylation is 1. The average Bonchev–Trinajstić information content (AvgIpc) is 2.99. The molecule has 1 atom stereocenters. The number of nitrogens with one attached hydrogen (secondary N) is 1. The molecule has 0 amide bonds. The molecule has 2 N–H and O–H groups in total. The van der Waals surface area contributed by atoms with Crippen LogP contribution in [0, 0.1) is 6.92 Å². The van der Waals surface area contributed by atoms with Crippen molar-refractivity contribution in [1.82, 2.24) is 4.72 Å². The van der Waals surface area contributed by atoms with Crippen molar-refractivity contribution in [2.45, 2.75) is 20.1 Å². The molecule has 1 unspecified atom stereocenters. The zero-order valence-corrected chi connectivity index (χ0v) is 15.5. The Hall–Kier alpha value is -2.68. The molecule has 3 rings (SSSR count). The number of furan rings is 1. The molecule has 0 aliphatic carbocycles. The lowest BCUT2D eigenvalue weighted by Gasteiger charge is -2.06. The molecule has 142 valence electrons. The molecule has 0 fully saturated rings. The highest BCUT2D eigenvalue weighted by atomic mass is 32.2. The summed E-state index contributed by atoms with van der Waals surface area (Å²) in [6.07, 6.45) is 0. The van der Waals surface area contributed by atoms with E-state index >= 15 is 0 Å². The number of hydrogen-bond donors (Lipinski definition) is 2. The number of carbonyl (C=O) groups is 1. The quantitative estimate of drug-likeness (QED) is 0.584. The van der Waals surface area contributed by atoms with Gasteiger partial charge in [0.05, 0.1) is 6.61 Å². The number of carboxylic acid groups (broad SMARTS) is 1. The van der Waals surface area contributed by atoms with E-state index in [4.69, 9.17) is 18.4 Å². The molecule has 3 aromatic rings. The van der Waals surface area contributed by atoms with E-state index in [1.54, 1.807) is 19.1 Å². The van der Waals surface area contributed by atoms with E-state index in [-0.39, 0.29) is 13.2 Å². The van der Waals surface area contributed by atoms with Gasteiger partial charge in [0.1, 0.15) is 5.76 Å². The van der Waals surface area contributed by atoms with E-state index in [1.165, 1.54) is 0 Å². The van der Waals surface area contributed by atoms with Crippen molar-refractivity contribution in [1.29, 1.82) is 0 Å². The Morgan fingerprint density at radius 2 is 1.96 bits per heavy atom. The van der Waals surface area contributed by atoms with Crippen LogP contribution < -0.4 is 9.46 Å². The van der Waals surface area contributed by atoms with Crippen molar-refractivity contribution in [2.24, 2.45) is 0 Å². The fourth-order valence-corrected chi connectivity index (χ4v) is 3.19. The zero-order valence-electron chi connectivity index (χ0n) is 14.6. The van der Waals surface area contributed by atoms with Gasteiger partial charge < -0.3 is 14.3 Å². The minimum atomic E-state index is -1.67. The first-order chi connectivity index (χ1) is 13.0. The van der Waals surface area contributed by atoms with Gasteiger partial charge in [-0.15, -0.1) is 0 Å². The van der Waals surface area contributed by atoms with Gasteiger partial charge in [-0.05, 0) is 18.6 Å². The topological polar surface area (TPSA) is 98.0 Å². The maximum absolute atomic E-state index is 12.1. The molecular formula is C19H19NO6S. The van der Waals surface area contributed by atoms with Gasteiger partial charge in [0, 0.05) is 17.5 Å². The maximum Gasteiger partial charge on any atom is 0.341 e. The molecule has 0 aliphatic rings. The van der Waals surface area contributed by atoms with Gasteiger partial charge in [0.2, 0.25) is 11.3 Å². The summed E-state index contributed by atoms with van der Waals surface area (Å²) in [4.78, 5) is 10.7. The van der Waals surface area contributed by atoms with E-state index in [2.05, 4.69) is 4.72 Å². The summed E-state index contributed by atoms with van der Waals surface area (Å²) in [6, 6.07) is 14.7. The third-order valence-corrected chi connectivity index (χ3v) is 4.59. The summed E-state index contributed by atoms with van der Waals surface area (Å²) in [7, 11) is 0. The van der Waals surface area contributed by atoms with Crippen LogP contribution in [0.3, 0.4) is 0 Å². The van der Waals surface area contributed by atoms with Crippen LogP contribution in [0.2, 0.25) is 0 Å². The van der Waals surface area contributed by atoms with Crippen molar-refractivity contribution < 1.29 is 27.4 Å². The molecule has 2 aromatic carbocycles. The fourth-order valence-electron chi connectivity index (χ4n) is 2.60. The third kappa shape index (κ3) is 4.94. The lowest BCUT2D eigenvalue weighted by molar-refractivity contribution is -0.139. The van der Waals surface area contributed by atoms with Gasteiger partial charge in [0.25, 0.3) is 0 Å². The van der Waals surface area contributed by atoms with Gasteiger partial charge >= 0.3 is 5.97 Å². The zero-order chi connectivity index (χ0) is 19.2. The second-order valence-corrected chi connectivity index (χ2v) is 6.75. The smallest absolute Gasteiger partial charge is 0.341 e. The van der Waals surface area contributed by atoms with Crippen molar-refractivity contribution >= 4 is 28.2 Å². The molecule has 0 radical (unpaired) electrons. The third-order valence-electron chi connectivity index (χ3n) is 3.88. The predicted octanol–water partition coefficient (Wildman–Crippen LogP) is 3.09. The highest BCUT2D eigenvalue weighted by Gasteiger charge is 2.16. The van der Waals surface area contributed by atoms with Crippen LogP contribution in [0.25, 0.3) is 11.0 Å². The Balaban J connectivity index is 1.66. The van der Waals surface area contributed by atoms with Crippen LogP contribution in [-0.2, 0) is 33.4 Å². The Kier molecular flexibility index (Phi) is 6.23. The molecule has 0 spiro atoms. The van der Waals surface area contributed by atoms with Gasteiger partial charge in [-0.1, -0.05) is 42.5 Å². The van der Waals surface area contributed by atoms with Crippen LogP contribution in [0.15, 0.2) is 52.9 Å². The summed E-state index contributed by atoms with van der Waals surface area (Å²) >= 11 is -1.67. The Labute approximate surface area is 158 Å². The highest BCUT2D eigenvalue weighted by Crippen LogP contribution is 2.32. The van der Waals surface area contributed by atoms with Crippen LogP contribution >= 0.6 is 0 Å². The van der Waals surface area contributed by atoms with Crippen molar-refractivity contribution in [3.8, 4) is 5.75 Å². The van der Waals surface area contributed by atoms with Gasteiger partial charge in [-0.2, -0.15) is 0 Å². The molecular weight excluding hydrogens is 370 g/mol. The summed E-state index contributed by atoms with van der Waals surface area (Å²) < 4.78 is 31.2. The van der Waals surface area contributed by atoms with E-state index in [9.17, 15) is 9.00 Å². The molecule has 1 aromatic heterocycles. The van der Waals surface area contributed by atoms with Crippen molar-refractivity contribution in [3.05, 3.63) is 65.4 Å². The SMILES string of the molecule is Cc1oc2c(OCC(=O)O)cccc2c1CNS(=O)OCc1ccccc1. The van der Waals surface area contributed by atoms with Crippen LogP contribution in [0.5, 0.6) is 5.75 Å². The van der Waals surface area contributed by atoms with Crippen molar-refractivity contribution in [3.63, 3.8) is 0 Å². The first kappa shape index (κ1) is 19.1. The average molecular weight is 389 g/mol. The molecule has 8 heteroatoms. The summed E-state index contributed by atoms with van der Waals surface area (Å²) in [5, 5.41) is 9.54. The van der Waals surface area contributed by atoms with Crippen LogP contribution in [0.1, 0.15) is 16.9 Å². The van der Waals surface area contributed by atoms with Crippen molar-refractivity contribution in [2.75, 3.05) is 6.61 Å². The Morgan fingerprint density at radius 1 is 1.19 bits per heavy atom. The molecule has 27 heavy (non-hydrogen) atoms. The van der Waals surface area contributed by atoms with E-state index in [0.29, 0.717) is 17.1 Å². The number of aliphatic carboxylic acids is 1. The summed E-state index contributed by atoms with van der Waals surface area (Å²) in [5.74, 6) is -0.0854. The second kappa shape index (κ2) is 8.81. The number of ether oxygens (including phenoxy) is 1. The second-order valence-electron chi connectivity index (χ2n) is 5.76. The van der Waals surface area contributed by atoms with E-state index in [1.807, 2.05) is 36.4 Å². The fraction of sp³-hybridized carbons (Fsp3) is 0.211. The number of fused-ring (bicyclic) bond motifs is 1. The number of benzene rings is 2. The largest absolute Gasteiger partial charge is 0.479 e. The molecule has 0 saturated heterocycles. The minimum Gasteiger partial charge on any atom is -0.479 e. The Morgan fingerprint density at radius 3 is 2.70 bits per heavy atom. The molecule has 0 saturated carbocycles. The number of hydrogen-bond acceptors (Lipinski definition) is 5. The lowest BCUT2D eigenvalue weighted by atomic mass is 10.1. The monoisotopic (exact) mass is 389 g/mol. The van der Waals surface area contributed by atoms with Gasteiger partial charge in [0.15, 0.2) is 17.9 Å². The molecule has 0 aliphatic heterocycles. The molecule has 7 nitrogen and oxygen atoms in total. The van der Waals surface area contributed by atoms with E-state index < -0.39 is 23.8 Å². The number of carboxylic acids is 1. The number of para-hydroxylation sites is 1. The predicted molar refractivity (Wildman–Crippen MR) is 100 cm³/mol. The Bertz CT molecular complexity index is 953. The first-order valence-electron chi connectivity index (χ1n) is 8.22.